The highest BCUT2D eigenvalue weighted by molar-refractivity contribution is 5.87. The molecule has 0 saturated carbocycles. The number of carbonyl (C=O) groups excluding carboxylic acids is 2. The molecule has 4 nitrogen and oxygen atoms in total. The molecule has 2 rings (SSSR count). The van der Waals surface area contributed by atoms with Crippen LogP contribution in [0, 0.1) is 5.82 Å². The Morgan fingerprint density at radius 1 is 1.04 bits per heavy atom. The van der Waals surface area contributed by atoms with Crippen molar-refractivity contribution in [2.24, 2.45) is 5.73 Å². The van der Waals surface area contributed by atoms with Gasteiger partial charge in [0.15, 0.2) is 0 Å². The normalized spacial score (nSPS) is 12.5. The standard InChI is InChI=1S/C18H16F4N2O2/c19-14-3-1-2-12(8-14)10-16(25)24-15(17(23)26)9-11-4-6-13(7-5-11)18(20,21)22/h1-8,15H,9-10H2,(H2,23,26)(H,24,25)/t15-/m0/s1. The maximum atomic E-state index is 13.1. The SMILES string of the molecule is NC(=O)[C@H](Cc1ccc(C(F)(F)F)cc1)NC(=O)Cc1cccc(F)c1. The summed E-state index contributed by atoms with van der Waals surface area (Å²) in [4.78, 5) is 23.6. The summed E-state index contributed by atoms with van der Waals surface area (Å²) < 4.78 is 50.8. The first kappa shape index (κ1) is 19.4. The molecule has 0 spiro atoms. The first-order valence-corrected chi connectivity index (χ1v) is 7.64. The zero-order valence-corrected chi connectivity index (χ0v) is 13.5. The van der Waals surface area contributed by atoms with Crippen molar-refractivity contribution < 1.29 is 27.2 Å². The summed E-state index contributed by atoms with van der Waals surface area (Å²) in [5.41, 5.74) is 5.27. The highest BCUT2D eigenvalue weighted by atomic mass is 19.4. The molecule has 0 aliphatic rings. The summed E-state index contributed by atoms with van der Waals surface area (Å²) in [5, 5.41) is 2.42. The third-order valence-electron chi connectivity index (χ3n) is 3.65. The van der Waals surface area contributed by atoms with Crippen LogP contribution < -0.4 is 11.1 Å². The van der Waals surface area contributed by atoms with Gasteiger partial charge in [-0.05, 0) is 35.4 Å². The minimum atomic E-state index is -4.46. The topological polar surface area (TPSA) is 72.2 Å². The predicted octanol–water partition coefficient (Wildman–Crippen LogP) is 2.60. The Morgan fingerprint density at radius 2 is 1.69 bits per heavy atom. The number of nitrogens with one attached hydrogen (secondary N) is 1. The monoisotopic (exact) mass is 368 g/mol. The van der Waals surface area contributed by atoms with Gasteiger partial charge in [-0.1, -0.05) is 24.3 Å². The Hall–Kier alpha value is -2.90. The smallest absolute Gasteiger partial charge is 0.368 e. The van der Waals surface area contributed by atoms with Gasteiger partial charge >= 0.3 is 6.18 Å². The van der Waals surface area contributed by atoms with Gasteiger partial charge in [0.05, 0.1) is 12.0 Å². The molecule has 138 valence electrons. The third-order valence-corrected chi connectivity index (χ3v) is 3.65. The van der Waals surface area contributed by atoms with E-state index in [2.05, 4.69) is 5.32 Å². The first-order chi connectivity index (χ1) is 12.1. The lowest BCUT2D eigenvalue weighted by Gasteiger charge is -2.16. The van der Waals surface area contributed by atoms with Crippen molar-refractivity contribution in [2.45, 2.75) is 25.1 Å². The summed E-state index contributed by atoms with van der Waals surface area (Å²) in [6, 6.07) is 8.56. The van der Waals surface area contributed by atoms with Gasteiger partial charge in [0.2, 0.25) is 11.8 Å². The second-order valence-corrected chi connectivity index (χ2v) is 5.73. The molecule has 3 N–H and O–H groups in total. The van der Waals surface area contributed by atoms with E-state index in [1.54, 1.807) is 6.07 Å². The molecule has 8 heteroatoms. The Morgan fingerprint density at radius 3 is 2.23 bits per heavy atom. The van der Waals surface area contributed by atoms with Crippen LogP contribution >= 0.6 is 0 Å². The van der Waals surface area contributed by atoms with Crippen LogP contribution in [0.2, 0.25) is 0 Å². The van der Waals surface area contributed by atoms with Crippen molar-refractivity contribution in [3.63, 3.8) is 0 Å². The number of primary amides is 1. The number of nitrogens with two attached hydrogens (primary N) is 1. The Labute approximate surface area is 147 Å². The van der Waals surface area contributed by atoms with E-state index in [4.69, 9.17) is 5.73 Å². The number of alkyl halides is 3. The summed E-state index contributed by atoms with van der Waals surface area (Å²) in [6.07, 6.45) is -4.67. The number of hydrogen-bond acceptors (Lipinski definition) is 2. The number of carbonyl (C=O) groups is 2. The molecular weight excluding hydrogens is 352 g/mol. The van der Waals surface area contributed by atoms with Gasteiger partial charge in [-0.3, -0.25) is 9.59 Å². The van der Waals surface area contributed by atoms with Gasteiger partial charge in [0, 0.05) is 6.42 Å². The van der Waals surface area contributed by atoms with Crippen LogP contribution in [0.1, 0.15) is 16.7 Å². The fourth-order valence-electron chi connectivity index (χ4n) is 2.37. The quantitative estimate of drug-likeness (QED) is 0.770. The van der Waals surface area contributed by atoms with Gasteiger partial charge in [0.25, 0.3) is 0 Å². The van der Waals surface area contributed by atoms with Crippen LogP contribution in [0.5, 0.6) is 0 Å². The average Bonchev–Trinajstić information content (AvgIpc) is 2.53. The van der Waals surface area contributed by atoms with Crippen LogP contribution in [0.25, 0.3) is 0 Å². The predicted molar refractivity (Wildman–Crippen MR) is 86.4 cm³/mol. The summed E-state index contributed by atoms with van der Waals surface area (Å²) >= 11 is 0. The number of halogens is 4. The maximum absolute atomic E-state index is 13.1. The molecule has 0 saturated heterocycles. The number of benzene rings is 2. The van der Waals surface area contributed by atoms with Crippen molar-refractivity contribution in [1.82, 2.24) is 5.32 Å². The van der Waals surface area contributed by atoms with Gasteiger partial charge < -0.3 is 11.1 Å². The van der Waals surface area contributed by atoms with E-state index in [1.807, 2.05) is 0 Å². The van der Waals surface area contributed by atoms with Crippen molar-refractivity contribution in [3.05, 3.63) is 71.0 Å². The molecule has 0 fully saturated rings. The first-order valence-electron chi connectivity index (χ1n) is 7.64. The van der Waals surface area contributed by atoms with Crippen molar-refractivity contribution >= 4 is 11.8 Å². The highest BCUT2D eigenvalue weighted by Gasteiger charge is 2.30. The molecule has 0 radical (unpaired) electrons. The van der Waals surface area contributed by atoms with E-state index >= 15 is 0 Å². The minimum Gasteiger partial charge on any atom is -0.368 e. The molecule has 2 amide bonds. The molecule has 0 bridgehead atoms. The fourth-order valence-corrected chi connectivity index (χ4v) is 2.37. The van der Waals surface area contributed by atoms with Gasteiger partial charge in [-0.25, -0.2) is 4.39 Å². The molecule has 0 aliphatic carbocycles. The van der Waals surface area contributed by atoms with E-state index in [0.717, 1.165) is 12.1 Å². The molecule has 0 heterocycles. The zero-order valence-electron chi connectivity index (χ0n) is 13.5. The van der Waals surface area contributed by atoms with E-state index in [-0.39, 0.29) is 12.8 Å². The van der Waals surface area contributed by atoms with E-state index in [1.165, 1.54) is 30.3 Å². The van der Waals surface area contributed by atoms with E-state index in [9.17, 15) is 27.2 Å². The second-order valence-electron chi connectivity index (χ2n) is 5.73. The Balaban J connectivity index is 2.02. The van der Waals surface area contributed by atoms with E-state index < -0.39 is 35.4 Å². The largest absolute Gasteiger partial charge is 0.416 e. The summed E-state index contributed by atoms with van der Waals surface area (Å²) in [5.74, 6) is -1.87. The summed E-state index contributed by atoms with van der Waals surface area (Å²) in [7, 11) is 0. The average molecular weight is 368 g/mol. The van der Waals surface area contributed by atoms with E-state index in [0.29, 0.717) is 11.1 Å². The van der Waals surface area contributed by atoms with Crippen LogP contribution in [0.3, 0.4) is 0 Å². The highest BCUT2D eigenvalue weighted by Crippen LogP contribution is 2.29. The minimum absolute atomic E-state index is 0.0532. The van der Waals surface area contributed by atoms with Crippen LogP contribution in [-0.2, 0) is 28.6 Å². The third kappa shape index (κ3) is 5.58. The Bertz CT molecular complexity index is 789. The Kier molecular flexibility index (Phi) is 5.97. The summed E-state index contributed by atoms with van der Waals surface area (Å²) in [6.45, 7) is 0. The fraction of sp³-hybridized carbons (Fsp3) is 0.222. The molecule has 26 heavy (non-hydrogen) atoms. The number of amides is 2. The van der Waals surface area contributed by atoms with Crippen LogP contribution in [0.15, 0.2) is 48.5 Å². The number of rotatable bonds is 6. The zero-order chi connectivity index (χ0) is 19.3. The molecule has 1 atom stereocenters. The van der Waals surface area contributed by atoms with Crippen LogP contribution in [0.4, 0.5) is 17.6 Å². The van der Waals surface area contributed by atoms with Gasteiger partial charge in [0.1, 0.15) is 11.9 Å². The second kappa shape index (κ2) is 7.99. The lowest BCUT2D eigenvalue weighted by atomic mass is 10.0. The van der Waals surface area contributed by atoms with Crippen molar-refractivity contribution in [3.8, 4) is 0 Å². The lowest BCUT2D eigenvalue weighted by molar-refractivity contribution is -0.137. The lowest BCUT2D eigenvalue weighted by Crippen LogP contribution is -2.46. The molecular formula is C18H16F4N2O2. The van der Waals surface area contributed by atoms with Gasteiger partial charge in [-0.15, -0.1) is 0 Å². The molecule has 0 aliphatic heterocycles. The van der Waals surface area contributed by atoms with Crippen molar-refractivity contribution in [2.75, 3.05) is 0 Å². The number of hydrogen-bond donors (Lipinski definition) is 2. The molecule has 2 aromatic carbocycles. The molecule has 0 aromatic heterocycles. The molecule has 2 aromatic rings. The maximum Gasteiger partial charge on any atom is 0.416 e. The molecule has 0 unspecified atom stereocenters. The van der Waals surface area contributed by atoms with Crippen LogP contribution in [-0.4, -0.2) is 17.9 Å². The van der Waals surface area contributed by atoms with Gasteiger partial charge in [-0.2, -0.15) is 13.2 Å². The van der Waals surface area contributed by atoms with Crippen molar-refractivity contribution in [1.29, 1.82) is 0 Å².